The van der Waals surface area contributed by atoms with Gasteiger partial charge in [-0.1, -0.05) is 28.1 Å². The summed E-state index contributed by atoms with van der Waals surface area (Å²) in [5, 5.41) is 4.37. The van der Waals surface area contributed by atoms with Crippen molar-refractivity contribution >= 4 is 27.7 Å². The van der Waals surface area contributed by atoms with E-state index in [4.69, 9.17) is 19.9 Å². The van der Waals surface area contributed by atoms with Crippen LogP contribution in [0.4, 0.5) is 5.95 Å². The second-order valence-electron chi connectivity index (χ2n) is 5.80. The molecule has 2 aromatic carbocycles. The van der Waals surface area contributed by atoms with Crippen molar-refractivity contribution in [2.24, 2.45) is 0 Å². The molecule has 0 aliphatic carbocycles. The van der Waals surface area contributed by atoms with E-state index in [1.54, 1.807) is 36.4 Å². The summed E-state index contributed by atoms with van der Waals surface area (Å²) in [6, 6.07) is 10.5. The molecule has 0 aliphatic heterocycles. The molecule has 0 radical (unpaired) electrons. The number of benzene rings is 2. The van der Waals surface area contributed by atoms with Gasteiger partial charge in [0.2, 0.25) is 11.7 Å². The van der Waals surface area contributed by atoms with Gasteiger partial charge in [0.25, 0.3) is 0 Å². The van der Waals surface area contributed by atoms with Crippen LogP contribution in [0, 0.1) is 0 Å². The number of ketones is 1. The highest BCUT2D eigenvalue weighted by molar-refractivity contribution is 9.10. The lowest BCUT2D eigenvalue weighted by atomic mass is 10.1. The van der Waals surface area contributed by atoms with Crippen molar-refractivity contribution in [2.45, 2.75) is 6.54 Å². The maximum atomic E-state index is 12.5. The fraction of sp³-hybridized carbons (Fsp3) is 0.211. The Hall–Kier alpha value is -3.07. The molecule has 0 amide bonds. The first-order valence-corrected chi connectivity index (χ1v) is 9.05. The van der Waals surface area contributed by atoms with Gasteiger partial charge in [-0.3, -0.25) is 4.79 Å². The number of nitrogen functional groups attached to an aromatic ring is 1. The number of nitrogens with two attached hydrogens (primary N) is 1. The van der Waals surface area contributed by atoms with E-state index >= 15 is 0 Å². The molecule has 9 heteroatoms. The highest BCUT2D eigenvalue weighted by Gasteiger charge is 2.18. The highest BCUT2D eigenvalue weighted by Crippen LogP contribution is 2.40. The standard InChI is InChI=1S/C19H19BrN4O4/c1-26-15-8-12(9-16(27-2)17(15)28-3)18-22-19(21)24(23-18)10-14(25)11-4-6-13(20)7-5-11/h4-9H,10H2,1-3H3,(H2,21,22,23). The van der Waals surface area contributed by atoms with Crippen LogP contribution in [0.1, 0.15) is 10.4 Å². The SMILES string of the molecule is COc1cc(-c2nc(N)n(CC(=O)c3ccc(Br)cc3)n2)cc(OC)c1OC. The fourth-order valence-corrected chi connectivity index (χ4v) is 2.93. The molecule has 0 saturated heterocycles. The normalized spacial score (nSPS) is 10.6. The van der Waals surface area contributed by atoms with E-state index in [9.17, 15) is 4.79 Å². The van der Waals surface area contributed by atoms with Crippen molar-refractivity contribution in [3.8, 4) is 28.6 Å². The van der Waals surface area contributed by atoms with E-state index in [1.165, 1.54) is 26.0 Å². The molecule has 8 nitrogen and oxygen atoms in total. The van der Waals surface area contributed by atoms with Crippen LogP contribution >= 0.6 is 15.9 Å². The first kappa shape index (κ1) is 19.7. The fourth-order valence-electron chi connectivity index (χ4n) is 2.67. The maximum absolute atomic E-state index is 12.5. The zero-order valence-corrected chi connectivity index (χ0v) is 17.2. The van der Waals surface area contributed by atoms with Crippen LogP contribution in [0.15, 0.2) is 40.9 Å². The Labute approximate surface area is 170 Å². The minimum Gasteiger partial charge on any atom is -0.493 e. The van der Waals surface area contributed by atoms with E-state index < -0.39 is 0 Å². The average Bonchev–Trinajstić information content (AvgIpc) is 3.07. The molecule has 2 N–H and O–H groups in total. The Bertz CT molecular complexity index is 977. The van der Waals surface area contributed by atoms with Gasteiger partial charge in [0.15, 0.2) is 23.1 Å². The van der Waals surface area contributed by atoms with Gasteiger partial charge >= 0.3 is 0 Å². The van der Waals surface area contributed by atoms with Gasteiger partial charge in [0, 0.05) is 15.6 Å². The predicted molar refractivity (Wildman–Crippen MR) is 108 cm³/mol. The Morgan fingerprint density at radius 2 is 1.68 bits per heavy atom. The van der Waals surface area contributed by atoms with Crippen molar-refractivity contribution in [1.82, 2.24) is 14.8 Å². The molecule has 0 unspecified atom stereocenters. The molecule has 0 fully saturated rings. The zero-order chi connectivity index (χ0) is 20.3. The summed E-state index contributed by atoms with van der Waals surface area (Å²) in [5.74, 6) is 1.76. The highest BCUT2D eigenvalue weighted by atomic mass is 79.9. The maximum Gasteiger partial charge on any atom is 0.219 e. The van der Waals surface area contributed by atoms with Crippen LogP contribution in [0.5, 0.6) is 17.2 Å². The molecule has 3 aromatic rings. The number of methoxy groups -OCH3 is 3. The summed E-state index contributed by atoms with van der Waals surface area (Å²) < 4.78 is 18.3. The van der Waals surface area contributed by atoms with Crippen LogP contribution in [-0.4, -0.2) is 41.9 Å². The van der Waals surface area contributed by atoms with Gasteiger partial charge in [-0.05, 0) is 24.3 Å². The van der Waals surface area contributed by atoms with E-state index in [-0.39, 0.29) is 18.3 Å². The first-order chi connectivity index (χ1) is 13.5. The monoisotopic (exact) mass is 446 g/mol. The first-order valence-electron chi connectivity index (χ1n) is 8.26. The van der Waals surface area contributed by atoms with Crippen LogP contribution in [0.3, 0.4) is 0 Å². The third-order valence-corrected chi connectivity index (χ3v) is 4.61. The molecule has 0 saturated carbocycles. The molecule has 0 spiro atoms. The third-order valence-electron chi connectivity index (χ3n) is 4.08. The molecule has 0 aliphatic rings. The molecule has 1 aromatic heterocycles. The number of hydrogen-bond acceptors (Lipinski definition) is 7. The molecule has 3 rings (SSSR count). The number of hydrogen-bond donors (Lipinski definition) is 1. The lowest BCUT2D eigenvalue weighted by molar-refractivity contribution is 0.0968. The lowest BCUT2D eigenvalue weighted by Crippen LogP contribution is -2.14. The van der Waals surface area contributed by atoms with E-state index in [1.807, 2.05) is 0 Å². The number of halogens is 1. The van der Waals surface area contributed by atoms with Gasteiger partial charge < -0.3 is 19.9 Å². The largest absolute Gasteiger partial charge is 0.493 e. The minimum atomic E-state index is -0.124. The van der Waals surface area contributed by atoms with E-state index in [2.05, 4.69) is 26.0 Å². The Morgan fingerprint density at radius 1 is 1.07 bits per heavy atom. The second kappa shape index (κ2) is 8.30. The Morgan fingerprint density at radius 3 is 2.21 bits per heavy atom. The lowest BCUT2D eigenvalue weighted by Gasteiger charge is -2.12. The molecule has 0 bridgehead atoms. The number of nitrogens with zero attached hydrogens (tertiary/aromatic N) is 3. The van der Waals surface area contributed by atoms with Gasteiger partial charge in [0.05, 0.1) is 21.3 Å². The van der Waals surface area contributed by atoms with Crippen LogP contribution in [-0.2, 0) is 6.54 Å². The number of aromatic nitrogens is 3. The summed E-state index contributed by atoms with van der Waals surface area (Å²) in [4.78, 5) is 16.8. The van der Waals surface area contributed by atoms with Crippen LogP contribution in [0.25, 0.3) is 11.4 Å². The summed E-state index contributed by atoms with van der Waals surface area (Å²) >= 11 is 3.35. The number of carbonyl (C=O) groups excluding carboxylic acids is 1. The van der Waals surface area contributed by atoms with Crippen molar-refractivity contribution in [3.63, 3.8) is 0 Å². The number of ether oxygens (including phenoxy) is 3. The Balaban J connectivity index is 1.92. The predicted octanol–water partition coefficient (Wildman–Crippen LogP) is 3.20. The number of Topliss-reactive ketones (excluding diaryl/α,β-unsaturated/α-hetero) is 1. The second-order valence-corrected chi connectivity index (χ2v) is 6.71. The summed E-state index contributed by atoms with van der Waals surface area (Å²) in [7, 11) is 4.58. The Kier molecular flexibility index (Phi) is 5.84. The molecular weight excluding hydrogens is 428 g/mol. The minimum absolute atomic E-state index is 0.0229. The molecule has 28 heavy (non-hydrogen) atoms. The molecular formula is C19H19BrN4O4. The van der Waals surface area contributed by atoms with E-state index in [0.29, 0.717) is 34.2 Å². The average molecular weight is 447 g/mol. The third kappa shape index (κ3) is 3.94. The number of anilines is 1. The van der Waals surface area contributed by atoms with Gasteiger partial charge in [-0.25, -0.2) is 4.68 Å². The molecule has 0 atom stereocenters. The summed E-state index contributed by atoms with van der Waals surface area (Å²) in [5.41, 5.74) is 7.15. The van der Waals surface area contributed by atoms with Gasteiger partial charge in [0.1, 0.15) is 6.54 Å². The van der Waals surface area contributed by atoms with Gasteiger partial charge in [-0.2, -0.15) is 4.98 Å². The van der Waals surface area contributed by atoms with Crippen molar-refractivity contribution in [2.75, 3.05) is 27.1 Å². The number of rotatable bonds is 7. The van der Waals surface area contributed by atoms with Crippen molar-refractivity contribution in [3.05, 3.63) is 46.4 Å². The van der Waals surface area contributed by atoms with Crippen molar-refractivity contribution in [1.29, 1.82) is 0 Å². The van der Waals surface area contributed by atoms with E-state index in [0.717, 1.165) is 4.47 Å². The molecule has 146 valence electrons. The summed E-state index contributed by atoms with van der Waals surface area (Å²) in [6.45, 7) is -0.0229. The van der Waals surface area contributed by atoms with Crippen LogP contribution < -0.4 is 19.9 Å². The van der Waals surface area contributed by atoms with Crippen LogP contribution in [0.2, 0.25) is 0 Å². The van der Waals surface area contributed by atoms with Gasteiger partial charge in [-0.15, -0.1) is 5.10 Å². The molecule has 1 heterocycles. The summed E-state index contributed by atoms with van der Waals surface area (Å²) in [6.07, 6.45) is 0. The van der Waals surface area contributed by atoms with Crippen molar-refractivity contribution < 1.29 is 19.0 Å². The quantitative estimate of drug-likeness (QED) is 0.555. The zero-order valence-electron chi connectivity index (χ0n) is 15.6. The topological polar surface area (TPSA) is 101 Å². The number of carbonyl (C=O) groups is 1. The smallest absolute Gasteiger partial charge is 0.219 e.